The lowest BCUT2D eigenvalue weighted by atomic mass is 10.0. The molecule has 0 fully saturated rings. The summed E-state index contributed by atoms with van der Waals surface area (Å²) >= 11 is 0. The molecule has 1 aliphatic rings. The summed E-state index contributed by atoms with van der Waals surface area (Å²) in [6.45, 7) is 4.41. The summed E-state index contributed by atoms with van der Waals surface area (Å²) in [5.41, 5.74) is 2.04. The van der Waals surface area contributed by atoms with Crippen LogP contribution in [0.1, 0.15) is 18.9 Å². The molecule has 0 unspecified atom stereocenters. The van der Waals surface area contributed by atoms with Crippen LogP contribution in [0.5, 0.6) is 5.75 Å². The molecule has 72 valence electrons. The maximum Gasteiger partial charge on any atom is 0.308 e. The van der Waals surface area contributed by atoms with Crippen LogP contribution in [0, 0.1) is 6.54 Å². The number of aryl methyl sites for hydroxylation is 1. The van der Waals surface area contributed by atoms with E-state index in [0.717, 1.165) is 18.5 Å². The monoisotopic (exact) mass is 189 g/mol. The molecule has 0 aromatic heterocycles. The van der Waals surface area contributed by atoms with Crippen LogP contribution in [0.3, 0.4) is 0 Å². The van der Waals surface area contributed by atoms with Crippen molar-refractivity contribution in [3.8, 4) is 5.75 Å². The highest BCUT2D eigenvalue weighted by atomic mass is 16.5. The standard InChI is InChI=1S/C11H11NO2/c1-8(13)14-10-6-2-4-9-5-3-7-12-11(9)10/h2,4,6,12H,3,5H2,1H3. The van der Waals surface area contributed by atoms with Crippen molar-refractivity contribution in [3.05, 3.63) is 30.3 Å². The quantitative estimate of drug-likeness (QED) is 0.542. The Morgan fingerprint density at radius 2 is 2.43 bits per heavy atom. The Hall–Kier alpha value is -1.51. The molecule has 1 aromatic rings. The molecule has 0 saturated heterocycles. The summed E-state index contributed by atoms with van der Waals surface area (Å²) in [4.78, 5) is 10.8. The van der Waals surface area contributed by atoms with E-state index in [1.165, 1.54) is 12.5 Å². The van der Waals surface area contributed by atoms with Crippen molar-refractivity contribution >= 4 is 11.7 Å². The Labute approximate surface area is 83.1 Å². The van der Waals surface area contributed by atoms with E-state index in [-0.39, 0.29) is 5.97 Å². The van der Waals surface area contributed by atoms with E-state index in [4.69, 9.17) is 4.74 Å². The van der Waals surface area contributed by atoms with Crippen molar-refractivity contribution in [3.63, 3.8) is 0 Å². The van der Waals surface area contributed by atoms with Gasteiger partial charge in [-0.25, -0.2) is 0 Å². The average molecular weight is 189 g/mol. The Morgan fingerprint density at radius 1 is 1.57 bits per heavy atom. The Morgan fingerprint density at radius 3 is 3.21 bits per heavy atom. The number of carbonyl (C=O) groups excluding carboxylic acids is 1. The molecule has 3 heteroatoms. The molecule has 0 spiro atoms. The molecule has 0 amide bonds. The van der Waals surface area contributed by atoms with E-state index in [1.54, 1.807) is 6.07 Å². The number of hydrogen-bond donors (Lipinski definition) is 1. The molecular formula is C11H11NO2. The van der Waals surface area contributed by atoms with Crippen molar-refractivity contribution < 1.29 is 9.53 Å². The highest BCUT2D eigenvalue weighted by Gasteiger charge is 2.14. The molecule has 2 rings (SSSR count). The van der Waals surface area contributed by atoms with Crippen molar-refractivity contribution in [2.24, 2.45) is 0 Å². The fraction of sp³-hybridized carbons (Fsp3) is 0.273. The van der Waals surface area contributed by atoms with E-state index < -0.39 is 0 Å². The minimum absolute atomic E-state index is 0.300. The van der Waals surface area contributed by atoms with Gasteiger partial charge in [-0.05, 0) is 24.5 Å². The lowest BCUT2D eigenvalue weighted by molar-refractivity contribution is -0.131. The number of nitrogens with one attached hydrogen (secondary N) is 1. The van der Waals surface area contributed by atoms with Crippen molar-refractivity contribution in [1.29, 1.82) is 0 Å². The predicted molar refractivity (Wildman–Crippen MR) is 52.9 cm³/mol. The third kappa shape index (κ3) is 1.71. The van der Waals surface area contributed by atoms with Crippen molar-refractivity contribution in [2.45, 2.75) is 19.8 Å². The summed E-state index contributed by atoms with van der Waals surface area (Å²) in [7, 11) is 0. The number of ether oxygens (including phenoxy) is 1. The molecule has 2 radical (unpaired) electrons. The van der Waals surface area contributed by atoms with Crippen LogP contribution in [0.25, 0.3) is 0 Å². The van der Waals surface area contributed by atoms with Crippen LogP contribution < -0.4 is 10.1 Å². The molecule has 1 aliphatic heterocycles. The van der Waals surface area contributed by atoms with Gasteiger partial charge in [0.15, 0.2) is 5.75 Å². The average Bonchev–Trinajstić information content (AvgIpc) is 2.18. The van der Waals surface area contributed by atoms with Crippen molar-refractivity contribution in [1.82, 2.24) is 0 Å². The van der Waals surface area contributed by atoms with Gasteiger partial charge in [-0.2, -0.15) is 0 Å². The summed E-state index contributed by atoms with van der Waals surface area (Å²) in [6, 6.07) is 5.69. The van der Waals surface area contributed by atoms with E-state index in [0.29, 0.717) is 5.75 Å². The van der Waals surface area contributed by atoms with Crippen LogP contribution in [0.4, 0.5) is 5.69 Å². The lowest BCUT2D eigenvalue weighted by Crippen LogP contribution is -2.10. The van der Waals surface area contributed by atoms with E-state index in [1.807, 2.05) is 12.1 Å². The highest BCUT2D eigenvalue weighted by Crippen LogP contribution is 2.32. The van der Waals surface area contributed by atoms with Gasteiger partial charge in [-0.15, -0.1) is 0 Å². The predicted octanol–water partition coefficient (Wildman–Crippen LogP) is 2.01. The number of carbonyl (C=O) groups is 1. The van der Waals surface area contributed by atoms with E-state index >= 15 is 0 Å². The third-order valence-corrected chi connectivity index (χ3v) is 2.10. The first-order valence-electron chi connectivity index (χ1n) is 4.56. The van der Waals surface area contributed by atoms with Crippen LogP contribution in [0.15, 0.2) is 18.2 Å². The molecule has 1 heterocycles. The highest BCUT2D eigenvalue weighted by molar-refractivity contribution is 5.74. The second-order valence-electron chi connectivity index (χ2n) is 3.19. The third-order valence-electron chi connectivity index (χ3n) is 2.10. The zero-order valence-electron chi connectivity index (χ0n) is 7.96. The smallest absolute Gasteiger partial charge is 0.308 e. The molecule has 0 bridgehead atoms. The number of fused-ring (bicyclic) bond motifs is 1. The molecule has 1 aromatic carbocycles. The summed E-state index contributed by atoms with van der Waals surface area (Å²) in [6.07, 6.45) is 1.83. The summed E-state index contributed by atoms with van der Waals surface area (Å²) < 4.78 is 5.07. The molecule has 0 saturated carbocycles. The van der Waals surface area contributed by atoms with Crippen LogP contribution in [-0.2, 0) is 11.2 Å². The van der Waals surface area contributed by atoms with Gasteiger partial charge >= 0.3 is 5.97 Å². The SMILES string of the molecule is CC(=O)Oc1cccc2c1N[C]CC2. The molecule has 0 atom stereocenters. The van der Waals surface area contributed by atoms with Gasteiger partial charge < -0.3 is 10.1 Å². The fourth-order valence-electron chi connectivity index (χ4n) is 1.51. The van der Waals surface area contributed by atoms with Crippen LogP contribution in [-0.4, -0.2) is 5.97 Å². The molecule has 14 heavy (non-hydrogen) atoms. The second-order valence-corrected chi connectivity index (χ2v) is 3.19. The van der Waals surface area contributed by atoms with Gasteiger partial charge in [-0.1, -0.05) is 12.1 Å². The largest absolute Gasteiger partial charge is 0.424 e. The van der Waals surface area contributed by atoms with E-state index in [9.17, 15) is 4.79 Å². The first-order chi connectivity index (χ1) is 6.77. The maximum atomic E-state index is 10.8. The number of esters is 1. The zero-order chi connectivity index (χ0) is 9.97. The fourth-order valence-corrected chi connectivity index (χ4v) is 1.51. The summed E-state index contributed by atoms with van der Waals surface area (Å²) in [5, 5.41) is 3.01. The first-order valence-corrected chi connectivity index (χ1v) is 4.56. The number of benzene rings is 1. The second kappa shape index (κ2) is 3.70. The van der Waals surface area contributed by atoms with Gasteiger partial charge in [0, 0.05) is 6.92 Å². The lowest BCUT2D eigenvalue weighted by Gasteiger charge is -2.19. The van der Waals surface area contributed by atoms with Gasteiger partial charge in [0.2, 0.25) is 0 Å². The zero-order valence-corrected chi connectivity index (χ0v) is 7.96. The number of para-hydroxylation sites is 1. The van der Waals surface area contributed by atoms with Crippen molar-refractivity contribution in [2.75, 3.05) is 5.32 Å². The van der Waals surface area contributed by atoms with Crippen LogP contribution in [0.2, 0.25) is 0 Å². The first kappa shape index (κ1) is 9.06. The van der Waals surface area contributed by atoms with Gasteiger partial charge in [-0.3, -0.25) is 4.79 Å². The van der Waals surface area contributed by atoms with E-state index in [2.05, 4.69) is 11.9 Å². The Kier molecular flexibility index (Phi) is 2.39. The molecule has 0 aliphatic carbocycles. The normalized spacial score (nSPS) is 14.1. The minimum atomic E-state index is -0.300. The maximum absolute atomic E-state index is 10.8. The van der Waals surface area contributed by atoms with Gasteiger partial charge in [0.25, 0.3) is 0 Å². The Bertz CT molecular complexity index is 360. The summed E-state index contributed by atoms with van der Waals surface area (Å²) in [5.74, 6) is 0.285. The molecule has 1 N–H and O–H groups in total. The van der Waals surface area contributed by atoms with Gasteiger partial charge in [0.1, 0.15) is 0 Å². The minimum Gasteiger partial charge on any atom is -0.424 e. The topological polar surface area (TPSA) is 38.3 Å². The van der Waals surface area contributed by atoms with Crippen LogP contribution >= 0.6 is 0 Å². The van der Waals surface area contributed by atoms with Gasteiger partial charge in [0.05, 0.1) is 12.2 Å². The molecular weight excluding hydrogens is 178 g/mol. The molecule has 3 nitrogen and oxygen atoms in total. The number of hydrogen-bond acceptors (Lipinski definition) is 3. The Balaban J connectivity index is 2.35. The number of anilines is 1. The number of rotatable bonds is 1.